The molecule has 2 aromatic heterocycles. The number of aromatic nitrogens is 1. The number of carbonyl (C=O) groups excluding carboxylic acids is 1. The fraction of sp³-hybridized carbons (Fsp3) is 0.259. The van der Waals surface area contributed by atoms with Gasteiger partial charge in [0.05, 0.1) is 11.3 Å². The fourth-order valence-corrected chi connectivity index (χ4v) is 6.09. The van der Waals surface area contributed by atoms with Crippen molar-refractivity contribution in [1.29, 1.82) is 0 Å². The molecule has 5 rings (SSSR count). The molecule has 156 valence electrons. The fourth-order valence-electron chi connectivity index (χ4n) is 4.66. The molecule has 0 saturated heterocycles. The maximum Gasteiger partial charge on any atom is 0.258 e. The molecule has 1 unspecified atom stereocenters. The lowest BCUT2D eigenvalue weighted by Crippen LogP contribution is -2.17. The Bertz CT molecular complexity index is 1290. The second-order valence-corrected chi connectivity index (χ2v) is 9.70. The minimum absolute atomic E-state index is 0.0934. The molecule has 4 aromatic rings. The molecule has 0 radical (unpaired) electrons. The first kappa shape index (κ1) is 20.0. The van der Waals surface area contributed by atoms with Crippen molar-refractivity contribution in [2.75, 3.05) is 5.32 Å². The number of carbonyl (C=O) groups is 1. The number of para-hydroxylation sites is 1. The number of thiophene rings is 1. The minimum Gasteiger partial charge on any atom is -0.322 e. The van der Waals surface area contributed by atoms with Crippen molar-refractivity contribution >= 4 is 33.1 Å². The summed E-state index contributed by atoms with van der Waals surface area (Å²) in [5, 5.41) is 4.33. The van der Waals surface area contributed by atoms with Crippen LogP contribution in [0.25, 0.3) is 21.3 Å². The van der Waals surface area contributed by atoms with Gasteiger partial charge in [0.2, 0.25) is 0 Å². The zero-order valence-electron chi connectivity index (χ0n) is 18.2. The summed E-state index contributed by atoms with van der Waals surface area (Å²) in [6, 6.07) is 18.2. The number of hydrogen-bond acceptors (Lipinski definition) is 3. The lowest BCUT2D eigenvalue weighted by molar-refractivity contribution is 0.102. The predicted octanol–water partition coefficient (Wildman–Crippen LogP) is 6.96. The van der Waals surface area contributed by atoms with Crippen molar-refractivity contribution in [3.8, 4) is 11.1 Å². The average molecular weight is 427 g/mol. The quantitative estimate of drug-likeness (QED) is 0.385. The Hall–Kier alpha value is -2.98. The van der Waals surface area contributed by atoms with Gasteiger partial charge in [0, 0.05) is 21.5 Å². The highest BCUT2D eigenvalue weighted by Crippen LogP contribution is 2.44. The second kappa shape index (κ2) is 7.93. The van der Waals surface area contributed by atoms with E-state index >= 15 is 0 Å². The van der Waals surface area contributed by atoms with Gasteiger partial charge in [-0.3, -0.25) is 4.79 Å². The van der Waals surface area contributed by atoms with Crippen LogP contribution in [-0.2, 0) is 12.8 Å². The molecule has 0 bridgehead atoms. The topological polar surface area (TPSA) is 42.0 Å². The Morgan fingerprint density at radius 1 is 1.06 bits per heavy atom. The molecule has 3 nitrogen and oxygen atoms in total. The second-order valence-electron chi connectivity index (χ2n) is 8.61. The van der Waals surface area contributed by atoms with Crippen LogP contribution >= 0.6 is 11.3 Å². The summed E-state index contributed by atoms with van der Waals surface area (Å²) in [6.45, 7) is 6.30. The van der Waals surface area contributed by atoms with Crippen LogP contribution < -0.4 is 5.32 Å². The van der Waals surface area contributed by atoms with Crippen molar-refractivity contribution in [3.05, 3.63) is 81.9 Å². The molecule has 2 heterocycles. The van der Waals surface area contributed by atoms with Crippen LogP contribution in [0.4, 0.5) is 5.69 Å². The zero-order valence-corrected chi connectivity index (χ0v) is 19.0. The molecule has 1 atom stereocenters. The highest BCUT2D eigenvalue weighted by molar-refractivity contribution is 7.19. The molecule has 1 N–H and O–H groups in total. The molecule has 31 heavy (non-hydrogen) atoms. The van der Waals surface area contributed by atoms with Gasteiger partial charge in [0.15, 0.2) is 0 Å². The van der Waals surface area contributed by atoms with Crippen LogP contribution in [0.2, 0.25) is 0 Å². The van der Waals surface area contributed by atoms with Gasteiger partial charge < -0.3 is 5.32 Å². The third-order valence-corrected chi connectivity index (χ3v) is 7.46. The number of hydrogen-bond donors (Lipinski definition) is 1. The molecular weight excluding hydrogens is 400 g/mol. The molecule has 4 heteroatoms. The molecule has 0 fully saturated rings. The monoisotopic (exact) mass is 426 g/mol. The van der Waals surface area contributed by atoms with E-state index in [1.54, 1.807) is 0 Å². The molecule has 1 aliphatic rings. The van der Waals surface area contributed by atoms with Gasteiger partial charge in [-0.2, -0.15) is 0 Å². The van der Waals surface area contributed by atoms with E-state index in [0.29, 0.717) is 11.5 Å². The highest BCUT2D eigenvalue weighted by Gasteiger charge is 2.27. The third-order valence-electron chi connectivity index (χ3n) is 6.31. The maximum absolute atomic E-state index is 13.6. The van der Waals surface area contributed by atoms with Crippen LogP contribution in [-0.4, -0.2) is 10.9 Å². The highest BCUT2D eigenvalue weighted by atomic mass is 32.1. The van der Waals surface area contributed by atoms with Crippen molar-refractivity contribution in [1.82, 2.24) is 4.98 Å². The average Bonchev–Trinajstić information content (AvgIpc) is 3.11. The van der Waals surface area contributed by atoms with Gasteiger partial charge in [-0.1, -0.05) is 55.5 Å². The SMILES string of the molecule is Cc1ccccc1NC(=O)c1c(C)nc2sc3c(c2c1-c1ccccc1)CCC(C)C3. The zero-order chi connectivity index (χ0) is 21.5. The van der Waals surface area contributed by atoms with E-state index in [9.17, 15) is 4.79 Å². The van der Waals surface area contributed by atoms with Gasteiger partial charge in [0.25, 0.3) is 5.91 Å². The number of anilines is 1. The van der Waals surface area contributed by atoms with Crippen LogP contribution in [0.5, 0.6) is 0 Å². The minimum atomic E-state index is -0.0934. The Morgan fingerprint density at radius 3 is 2.58 bits per heavy atom. The van der Waals surface area contributed by atoms with E-state index in [1.807, 2.05) is 67.6 Å². The van der Waals surface area contributed by atoms with E-state index in [4.69, 9.17) is 4.98 Å². The van der Waals surface area contributed by atoms with Crippen molar-refractivity contribution in [3.63, 3.8) is 0 Å². The summed E-state index contributed by atoms with van der Waals surface area (Å²) < 4.78 is 0. The van der Waals surface area contributed by atoms with Crippen molar-refractivity contribution < 1.29 is 4.79 Å². The molecule has 0 spiro atoms. The summed E-state index contributed by atoms with van der Waals surface area (Å²) >= 11 is 1.81. The van der Waals surface area contributed by atoms with E-state index < -0.39 is 0 Å². The number of nitrogens with one attached hydrogen (secondary N) is 1. The van der Waals surface area contributed by atoms with Crippen molar-refractivity contribution in [2.24, 2.45) is 5.92 Å². The Balaban J connectivity index is 1.75. The van der Waals surface area contributed by atoms with E-state index in [2.05, 4.69) is 24.4 Å². The number of amides is 1. The largest absolute Gasteiger partial charge is 0.322 e. The first-order chi connectivity index (χ1) is 15.0. The van der Waals surface area contributed by atoms with Gasteiger partial charge >= 0.3 is 0 Å². The van der Waals surface area contributed by atoms with Crippen molar-refractivity contribution in [2.45, 2.75) is 40.0 Å². The number of aryl methyl sites for hydroxylation is 3. The van der Waals surface area contributed by atoms with Crippen LogP contribution in [0, 0.1) is 19.8 Å². The first-order valence-electron chi connectivity index (χ1n) is 10.9. The smallest absolute Gasteiger partial charge is 0.258 e. The summed E-state index contributed by atoms with van der Waals surface area (Å²) in [4.78, 5) is 21.1. The Labute approximate surface area is 187 Å². The molecule has 0 saturated carbocycles. The molecule has 1 aliphatic carbocycles. The lowest BCUT2D eigenvalue weighted by atomic mass is 9.86. The van der Waals surface area contributed by atoms with Crippen LogP contribution in [0.3, 0.4) is 0 Å². The standard InChI is InChI=1S/C27H26N2OS/c1-16-13-14-20-22(15-16)31-27-25(20)24(19-10-5-4-6-11-19)23(18(3)28-27)26(30)29-21-12-8-7-9-17(21)2/h4-12,16H,13-15H2,1-3H3,(H,29,30). The summed E-state index contributed by atoms with van der Waals surface area (Å²) in [5.41, 5.74) is 6.85. The molecule has 1 amide bonds. The number of benzene rings is 2. The number of nitrogens with zero attached hydrogens (tertiary/aromatic N) is 1. The Kier molecular flexibility index (Phi) is 5.11. The molecule has 0 aliphatic heterocycles. The van der Waals surface area contributed by atoms with Gasteiger partial charge in [-0.15, -0.1) is 11.3 Å². The Morgan fingerprint density at radius 2 is 1.81 bits per heavy atom. The van der Waals surface area contributed by atoms with Gasteiger partial charge in [-0.25, -0.2) is 4.98 Å². The number of pyridine rings is 1. The number of fused-ring (bicyclic) bond motifs is 3. The van der Waals surface area contributed by atoms with Gasteiger partial charge in [-0.05, 0) is 61.8 Å². The van der Waals surface area contributed by atoms with Gasteiger partial charge in [0.1, 0.15) is 4.83 Å². The third kappa shape index (κ3) is 3.55. The summed E-state index contributed by atoms with van der Waals surface area (Å²) in [6.07, 6.45) is 3.35. The normalized spacial score (nSPS) is 15.6. The first-order valence-corrected chi connectivity index (χ1v) is 11.7. The molecule has 2 aromatic carbocycles. The summed E-state index contributed by atoms with van der Waals surface area (Å²) in [5.74, 6) is 0.606. The summed E-state index contributed by atoms with van der Waals surface area (Å²) in [7, 11) is 0. The predicted molar refractivity (Wildman–Crippen MR) is 130 cm³/mol. The van der Waals surface area contributed by atoms with E-state index in [0.717, 1.165) is 45.7 Å². The van der Waals surface area contributed by atoms with E-state index in [1.165, 1.54) is 22.2 Å². The molecular formula is C27H26N2OS. The van der Waals surface area contributed by atoms with Crippen LogP contribution in [0.1, 0.15) is 45.4 Å². The van der Waals surface area contributed by atoms with E-state index in [-0.39, 0.29) is 5.91 Å². The van der Waals surface area contributed by atoms with Crippen LogP contribution in [0.15, 0.2) is 54.6 Å². The number of rotatable bonds is 3. The maximum atomic E-state index is 13.6. The lowest BCUT2D eigenvalue weighted by Gasteiger charge is -2.20.